The SMILES string of the molecule is C[C@@H](C(=O)NC1CCCCC1)N(Cc1ccc(Br)cc1)C(=O)CN(c1ccc(Cl)cc1Cl)S(C)(=O)=O. The van der Waals surface area contributed by atoms with Gasteiger partial charge in [-0.05, 0) is 55.7 Å². The number of rotatable bonds is 9. The standard InChI is InChI=1S/C25H30BrCl2N3O4S/c1-17(25(33)29-21-6-4-3-5-7-21)30(15-18-8-10-19(26)11-9-18)24(32)16-31(36(2,34)35)23-13-12-20(27)14-22(23)28/h8-14,17,21H,3-7,15-16H2,1-2H3,(H,29,33)/t17-/m0/s1. The topological polar surface area (TPSA) is 86.8 Å². The second kappa shape index (κ2) is 12.6. The first-order valence-electron chi connectivity index (χ1n) is 11.7. The number of hydrogen-bond acceptors (Lipinski definition) is 4. The molecule has 1 fully saturated rings. The van der Waals surface area contributed by atoms with Crippen LogP contribution < -0.4 is 9.62 Å². The van der Waals surface area contributed by atoms with Gasteiger partial charge in [0.15, 0.2) is 0 Å². The van der Waals surface area contributed by atoms with Gasteiger partial charge in [-0.3, -0.25) is 13.9 Å². The molecule has 1 atom stereocenters. The quantitative estimate of drug-likeness (QED) is 0.408. The minimum Gasteiger partial charge on any atom is -0.352 e. The van der Waals surface area contributed by atoms with E-state index in [-0.39, 0.29) is 29.2 Å². The summed E-state index contributed by atoms with van der Waals surface area (Å²) in [5.74, 6) is -0.788. The lowest BCUT2D eigenvalue weighted by atomic mass is 9.95. The maximum absolute atomic E-state index is 13.6. The Balaban J connectivity index is 1.88. The first kappa shape index (κ1) is 28.8. The molecule has 11 heteroatoms. The summed E-state index contributed by atoms with van der Waals surface area (Å²) in [5.41, 5.74) is 0.944. The lowest BCUT2D eigenvalue weighted by Gasteiger charge is -2.33. The van der Waals surface area contributed by atoms with Crippen molar-refractivity contribution in [1.82, 2.24) is 10.2 Å². The first-order valence-corrected chi connectivity index (χ1v) is 15.1. The number of carbonyl (C=O) groups is 2. The van der Waals surface area contributed by atoms with E-state index in [1.165, 1.54) is 23.1 Å². The zero-order valence-electron chi connectivity index (χ0n) is 20.2. The van der Waals surface area contributed by atoms with Crippen molar-refractivity contribution in [1.29, 1.82) is 0 Å². The van der Waals surface area contributed by atoms with Crippen LogP contribution in [0.5, 0.6) is 0 Å². The predicted molar refractivity (Wildman–Crippen MR) is 148 cm³/mol. The van der Waals surface area contributed by atoms with Gasteiger partial charge in [0.2, 0.25) is 21.8 Å². The number of nitrogens with zero attached hydrogens (tertiary/aromatic N) is 2. The zero-order valence-corrected chi connectivity index (χ0v) is 24.1. The molecule has 0 heterocycles. The molecule has 0 aliphatic heterocycles. The number of carbonyl (C=O) groups excluding carboxylic acids is 2. The second-order valence-electron chi connectivity index (χ2n) is 9.03. The van der Waals surface area contributed by atoms with E-state index in [2.05, 4.69) is 21.2 Å². The molecule has 2 aromatic rings. The minimum atomic E-state index is -3.88. The number of sulfonamides is 1. The van der Waals surface area contributed by atoms with Crippen molar-refractivity contribution in [2.24, 2.45) is 0 Å². The van der Waals surface area contributed by atoms with Crippen LogP contribution in [0.15, 0.2) is 46.9 Å². The molecular weight excluding hydrogens is 589 g/mol. The van der Waals surface area contributed by atoms with Crippen LogP contribution in [-0.4, -0.2) is 50.0 Å². The number of anilines is 1. The van der Waals surface area contributed by atoms with Gasteiger partial charge in [0.1, 0.15) is 12.6 Å². The van der Waals surface area contributed by atoms with E-state index in [1.54, 1.807) is 6.92 Å². The van der Waals surface area contributed by atoms with Crippen molar-refractivity contribution in [3.05, 3.63) is 62.5 Å². The number of hydrogen-bond donors (Lipinski definition) is 1. The van der Waals surface area contributed by atoms with Crippen LogP contribution in [0.1, 0.15) is 44.6 Å². The minimum absolute atomic E-state index is 0.0822. The zero-order chi connectivity index (χ0) is 26.5. The molecule has 0 aromatic heterocycles. The highest BCUT2D eigenvalue weighted by atomic mass is 79.9. The van der Waals surface area contributed by atoms with Gasteiger partial charge in [0.05, 0.1) is 17.0 Å². The molecule has 7 nitrogen and oxygen atoms in total. The van der Waals surface area contributed by atoms with Crippen LogP contribution in [0.4, 0.5) is 5.69 Å². The van der Waals surface area contributed by atoms with Gasteiger partial charge < -0.3 is 10.2 Å². The Kier molecular flexibility index (Phi) is 10.1. The smallest absolute Gasteiger partial charge is 0.244 e. The fourth-order valence-corrected chi connectivity index (χ4v) is 5.90. The molecule has 1 N–H and O–H groups in total. The van der Waals surface area contributed by atoms with Gasteiger partial charge in [-0.25, -0.2) is 8.42 Å². The molecule has 0 unspecified atom stereocenters. The maximum atomic E-state index is 13.6. The lowest BCUT2D eigenvalue weighted by molar-refractivity contribution is -0.139. The van der Waals surface area contributed by atoms with Crippen LogP contribution in [0.2, 0.25) is 10.0 Å². The van der Waals surface area contributed by atoms with E-state index in [4.69, 9.17) is 23.2 Å². The van der Waals surface area contributed by atoms with Crippen molar-refractivity contribution in [3.63, 3.8) is 0 Å². The Morgan fingerprint density at radius 2 is 1.72 bits per heavy atom. The van der Waals surface area contributed by atoms with E-state index in [0.29, 0.717) is 5.02 Å². The summed E-state index contributed by atoms with van der Waals surface area (Å²) in [6, 6.07) is 11.0. The van der Waals surface area contributed by atoms with E-state index >= 15 is 0 Å². The molecule has 0 bridgehead atoms. The molecule has 0 spiro atoms. The Hall–Kier alpha value is -1.81. The molecule has 1 aliphatic rings. The number of nitrogens with one attached hydrogen (secondary N) is 1. The van der Waals surface area contributed by atoms with E-state index in [1.807, 2.05) is 24.3 Å². The highest BCUT2D eigenvalue weighted by molar-refractivity contribution is 9.10. The van der Waals surface area contributed by atoms with Gasteiger partial charge in [0.25, 0.3) is 0 Å². The molecule has 3 rings (SSSR count). The molecular formula is C25H30BrCl2N3O4S. The van der Waals surface area contributed by atoms with Crippen LogP contribution in [0.3, 0.4) is 0 Å². The van der Waals surface area contributed by atoms with E-state index in [9.17, 15) is 18.0 Å². The Morgan fingerprint density at radius 1 is 1.08 bits per heavy atom. The van der Waals surface area contributed by atoms with Crippen LogP contribution in [0.25, 0.3) is 0 Å². The molecule has 1 saturated carbocycles. The van der Waals surface area contributed by atoms with Crippen molar-refractivity contribution in [2.75, 3.05) is 17.1 Å². The molecule has 36 heavy (non-hydrogen) atoms. The molecule has 2 amide bonds. The van der Waals surface area contributed by atoms with Crippen LogP contribution in [0, 0.1) is 0 Å². The fourth-order valence-electron chi connectivity index (χ4n) is 4.22. The van der Waals surface area contributed by atoms with Crippen molar-refractivity contribution in [2.45, 2.75) is 57.7 Å². The Labute approximate surface area is 231 Å². The average Bonchev–Trinajstić information content (AvgIpc) is 2.82. The van der Waals surface area contributed by atoms with Crippen molar-refractivity contribution >= 4 is 66.7 Å². The third-order valence-corrected chi connectivity index (χ3v) is 8.44. The summed E-state index contributed by atoms with van der Waals surface area (Å²) in [7, 11) is -3.88. The highest BCUT2D eigenvalue weighted by Crippen LogP contribution is 2.30. The summed E-state index contributed by atoms with van der Waals surface area (Å²) in [5, 5.41) is 3.51. The van der Waals surface area contributed by atoms with E-state index in [0.717, 1.165) is 52.7 Å². The lowest BCUT2D eigenvalue weighted by Crippen LogP contribution is -2.53. The molecule has 196 valence electrons. The highest BCUT2D eigenvalue weighted by Gasteiger charge is 2.31. The summed E-state index contributed by atoms with van der Waals surface area (Å²) in [6.45, 7) is 1.28. The third kappa shape index (κ3) is 7.84. The van der Waals surface area contributed by atoms with Gasteiger partial charge in [-0.15, -0.1) is 0 Å². The number of amides is 2. The molecule has 0 radical (unpaired) electrons. The average molecular weight is 619 g/mol. The van der Waals surface area contributed by atoms with Gasteiger partial charge in [-0.2, -0.15) is 0 Å². The monoisotopic (exact) mass is 617 g/mol. The Bertz CT molecular complexity index is 1190. The summed E-state index contributed by atoms with van der Waals surface area (Å²) < 4.78 is 27.2. The summed E-state index contributed by atoms with van der Waals surface area (Å²) in [4.78, 5) is 28.2. The van der Waals surface area contributed by atoms with Gasteiger partial charge in [-0.1, -0.05) is 70.5 Å². The Morgan fingerprint density at radius 3 is 2.31 bits per heavy atom. The summed E-state index contributed by atoms with van der Waals surface area (Å²) in [6.07, 6.45) is 6.11. The number of halogens is 3. The molecule has 2 aromatic carbocycles. The summed E-state index contributed by atoms with van der Waals surface area (Å²) >= 11 is 15.7. The first-order chi connectivity index (χ1) is 17.0. The van der Waals surface area contributed by atoms with Gasteiger partial charge >= 0.3 is 0 Å². The normalized spacial score (nSPS) is 15.2. The van der Waals surface area contributed by atoms with Gasteiger partial charge in [0, 0.05) is 22.1 Å². The third-order valence-electron chi connectivity index (χ3n) is 6.24. The maximum Gasteiger partial charge on any atom is 0.244 e. The molecule has 1 aliphatic carbocycles. The van der Waals surface area contributed by atoms with Crippen molar-refractivity contribution < 1.29 is 18.0 Å². The second-order valence-corrected chi connectivity index (χ2v) is 12.7. The predicted octanol–water partition coefficient (Wildman–Crippen LogP) is 5.39. The fraction of sp³-hybridized carbons (Fsp3) is 0.440. The van der Waals surface area contributed by atoms with Crippen LogP contribution >= 0.6 is 39.1 Å². The molecule has 0 saturated heterocycles. The number of benzene rings is 2. The van der Waals surface area contributed by atoms with Crippen LogP contribution in [-0.2, 0) is 26.2 Å². The van der Waals surface area contributed by atoms with Crippen molar-refractivity contribution in [3.8, 4) is 0 Å². The largest absolute Gasteiger partial charge is 0.352 e. The van der Waals surface area contributed by atoms with E-state index < -0.39 is 28.5 Å².